The molecule has 0 aromatic carbocycles. The largest absolute Gasteiger partial charge is 0.481 e. The van der Waals surface area contributed by atoms with E-state index in [1.165, 1.54) is 12.8 Å². The van der Waals surface area contributed by atoms with Crippen molar-refractivity contribution in [2.75, 3.05) is 0 Å². The highest BCUT2D eigenvalue weighted by molar-refractivity contribution is 5.66. The Morgan fingerprint density at radius 2 is 1.77 bits per heavy atom. The van der Waals surface area contributed by atoms with Crippen molar-refractivity contribution in [3.63, 3.8) is 0 Å². The van der Waals surface area contributed by atoms with Crippen LogP contribution in [0.5, 0.6) is 0 Å². The van der Waals surface area contributed by atoms with Gasteiger partial charge in [0.25, 0.3) is 0 Å². The number of hydrogen-bond acceptors (Lipinski definition) is 2. The molecule has 0 radical (unpaired) electrons. The molecule has 0 saturated heterocycles. The van der Waals surface area contributed by atoms with Crippen LogP contribution in [0.3, 0.4) is 0 Å². The molecular weight excluding hydrogens is 166 g/mol. The topological polar surface area (TPSA) is 63.3 Å². The molecule has 1 fully saturated rings. The molecular formula is C10H19NO2. The van der Waals surface area contributed by atoms with E-state index < -0.39 is 5.97 Å². The van der Waals surface area contributed by atoms with Gasteiger partial charge in [-0.05, 0) is 19.3 Å². The second-order valence-corrected chi connectivity index (χ2v) is 4.17. The lowest BCUT2D eigenvalue weighted by Crippen LogP contribution is -2.39. The first-order valence-electron chi connectivity index (χ1n) is 5.13. The van der Waals surface area contributed by atoms with Crippen molar-refractivity contribution in [3.05, 3.63) is 0 Å². The minimum absolute atomic E-state index is 0.186. The zero-order chi connectivity index (χ0) is 9.73. The molecule has 0 spiro atoms. The van der Waals surface area contributed by atoms with Crippen LogP contribution in [0.2, 0.25) is 0 Å². The predicted molar refractivity (Wildman–Crippen MR) is 51.5 cm³/mol. The van der Waals surface area contributed by atoms with Crippen LogP contribution >= 0.6 is 0 Å². The summed E-state index contributed by atoms with van der Waals surface area (Å²) in [5.41, 5.74) is 5.96. The van der Waals surface area contributed by atoms with E-state index >= 15 is 0 Å². The standard InChI is InChI=1S/C10H19NO2/c11-10(8-5-9(12)13)6-3-1-2-4-7-10/h1-8,11H2,(H,12,13). The number of carbonyl (C=O) groups is 1. The number of carboxylic acid groups (broad SMARTS) is 1. The summed E-state index contributed by atoms with van der Waals surface area (Å²) in [5, 5.41) is 8.57. The number of aliphatic carboxylic acids is 1. The van der Waals surface area contributed by atoms with E-state index in [2.05, 4.69) is 0 Å². The Morgan fingerprint density at radius 1 is 1.23 bits per heavy atom. The van der Waals surface area contributed by atoms with Crippen molar-refractivity contribution in [2.24, 2.45) is 5.73 Å². The lowest BCUT2D eigenvalue weighted by atomic mass is 9.87. The molecule has 0 aliphatic heterocycles. The molecule has 0 unspecified atom stereocenters. The minimum Gasteiger partial charge on any atom is -0.481 e. The fourth-order valence-electron chi connectivity index (χ4n) is 2.04. The Kier molecular flexibility index (Phi) is 3.72. The van der Waals surface area contributed by atoms with E-state index in [4.69, 9.17) is 10.8 Å². The molecule has 76 valence electrons. The Labute approximate surface area is 79.3 Å². The number of nitrogens with two attached hydrogens (primary N) is 1. The van der Waals surface area contributed by atoms with Crippen LogP contribution in [0, 0.1) is 0 Å². The van der Waals surface area contributed by atoms with Gasteiger partial charge in [-0.25, -0.2) is 0 Å². The Bertz CT molecular complexity index is 172. The lowest BCUT2D eigenvalue weighted by Gasteiger charge is -2.27. The van der Waals surface area contributed by atoms with E-state index in [1.54, 1.807) is 0 Å². The molecule has 1 saturated carbocycles. The zero-order valence-electron chi connectivity index (χ0n) is 8.09. The number of hydrogen-bond donors (Lipinski definition) is 2. The van der Waals surface area contributed by atoms with E-state index in [1.807, 2.05) is 0 Å². The molecule has 0 atom stereocenters. The number of rotatable bonds is 3. The SMILES string of the molecule is NC1(CCC(=O)O)CCCCCC1. The van der Waals surface area contributed by atoms with Gasteiger partial charge in [0, 0.05) is 12.0 Å². The molecule has 3 heteroatoms. The van der Waals surface area contributed by atoms with Crippen LogP contribution < -0.4 is 5.73 Å². The molecule has 3 nitrogen and oxygen atoms in total. The third kappa shape index (κ3) is 3.77. The maximum absolute atomic E-state index is 10.4. The van der Waals surface area contributed by atoms with E-state index in [-0.39, 0.29) is 12.0 Å². The molecule has 3 N–H and O–H groups in total. The highest BCUT2D eigenvalue weighted by atomic mass is 16.4. The number of carboxylic acids is 1. The monoisotopic (exact) mass is 185 g/mol. The Balaban J connectivity index is 2.37. The summed E-state index contributed by atoms with van der Waals surface area (Å²) in [6, 6.07) is 0. The third-order valence-electron chi connectivity index (χ3n) is 2.94. The smallest absolute Gasteiger partial charge is 0.303 e. The molecule has 0 bridgehead atoms. The van der Waals surface area contributed by atoms with Gasteiger partial charge in [-0.3, -0.25) is 4.79 Å². The van der Waals surface area contributed by atoms with Crippen molar-refractivity contribution in [2.45, 2.75) is 56.9 Å². The van der Waals surface area contributed by atoms with Crippen molar-refractivity contribution in [1.29, 1.82) is 0 Å². The van der Waals surface area contributed by atoms with Crippen LogP contribution in [-0.2, 0) is 4.79 Å². The molecule has 0 aromatic heterocycles. The molecule has 0 aromatic rings. The first-order valence-corrected chi connectivity index (χ1v) is 5.13. The van der Waals surface area contributed by atoms with Gasteiger partial charge in [0.05, 0.1) is 0 Å². The zero-order valence-corrected chi connectivity index (χ0v) is 8.09. The molecule has 1 aliphatic carbocycles. The average molecular weight is 185 g/mol. The first kappa shape index (κ1) is 10.5. The summed E-state index contributed by atoms with van der Waals surface area (Å²) < 4.78 is 0. The van der Waals surface area contributed by atoms with Crippen LogP contribution in [0.4, 0.5) is 0 Å². The van der Waals surface area contributed by atoms with Gasteiger partial charge in [-0.1, -0.05) is 25.7 Å². The van der Waals surface area contributed by atoms with Crippen LogP contribution in [-0.4, -0.2) is 16.6 Å². The fraction of sp³-hybridized carbons (Fsp3) is 0.900. The van der Waals surface area contributed by atoms with Gasteiger partial charge < -0.3 is 10.8 Å². The summed E-state index contributed by atoms with van der Waals surface area (Å²) in [6.45, 7) is 0. The molecule has 0 amide bonds. The van der Waals surface area contributed by atoms with Gasteiger partial charge in [0.1, 0.15) is 0 Å². The minimum atomic E-state index is -0.728. The molecule has 13 heavy (non-hydrogen) atoms. The fourth-order valence-corrected chi connectivity index (χ4v) is 2.04. The Morgan fingerprint density at radius 3 is 2.23 bits per heavy atom. The Hall–Kier alpha value is -0.570. The lowest BCUT2D eigenvalue weighted by molar-refractivity contribution is -0.137. The van der Waals surface area contributed by atoms with Gasteiger partial charge >= 0.3 is 5.97 Å². The van der Waals surface area contributed by atoms with Crippen molar-refractivity contribution in [1.82, 2.24) is 0 Å². The highest BCUT2D eigenvalue weighted by Gasteiger charge is 2.26. The summed E-state index contributed by atoms with van der Waals surface area (Å²) >= 11 is 0. The predicted octanol–water partition coefficient (Wildman–Crippen LogP) is 1.90. The maximum atomic E-state index is 10.4. The summed E-state index contributed by atoms with van der Waals surface area (Å²) in [4.78, 5) is 10.4. The van der Waals surface area contributed by atoms with Crippen molar-refractivity contribution < 1.29 is 9.90 Å². The normalized spacial score (nSPS) is 22.2. The van der Waals surface area contributed by atoms with Gasteiger partial charge in [-0.15, -0.1) is 0 Å². The second-order valence-electron chi connectivity index (χ2n) is 4.17. The van der Waals surface area contributed by atoms with Crippen LogP contribution in [0.25, 0.3) is 0 Å². The van der Waals surface area contributed by atoms with E-state index in [0.717, 1.165) is 25.7 Å². The molecule has 1 rings (SSSR count). The van der Waals surface area contributed by atoms with Gasteiger partial charge in [0.2, 0.25) is 0 Å². The third-order valence-corrected chi connectivity index (χ3v) is 2.94. The summed E-state index contributed by atoms with van der Waals surface area (Å²) in [7, 11) is 0. The maximum Gasteiger partial charge on any atom is 0.303 e. The van der Waals surface area contributed by atoms with E-state index in [9.17, 15) is 4.79 Å². The first-order chi connectivity index (χ1) is 6.12. The van der Waals surface area contributed by atoms with Gasteiger partial charge in [0.15, 0.2) is 0 Å². The molecule has 1 aliphatic rings. The quantitative estimate of drug-likeness (QED) is 0.660. The van der Waals surface area contributed by atoms with Crippen molar-refractivity contribution in [3.8, 4) is 0 Å². The average Bonchev–Trinajstić information content (AvgIpc) is 2.28. The van der Waals surface area contributed by atoms with Crippen molar-refractivity contribution >= 4 is 5.97 Å². The van der Waals surface area contributed by atoms with Crippen LogP contribution in [0.1, 0.15) is 51.4 Å². The van der Waals surface area contributed by atoms with E-state index in [0.29, 0.717) is 6.42 Å². The second kappa shape index (κ2) is 4.61. The molecule has 0 heterocycles. The van der Waals surface area contributed by atoms with Gasteiger partial charge in [-0.2, -0.15) is 0 Å². The van der Waals surface area contributed by atoms with Crippen LogP contribution in [0.15, 0.2) is 0 Å². The summed E-state index contributed by atoms with van der Waals surface area (Å²) in [5.74, 6) is -0.728. The summed E-state index contributed by atoms with van der Waals surface area (Å²) in [6.07, 6.45) is 7.70. The highest BCUT2D eigenvalue weighted by Crippen LogP contribution is 2.28.